The summed E-state index contributed by atoms with van der Waals surface area (Å²) in [6.45, 7) is 7.51. The van der Waals surface area contributed by atoms with Gasteiger partial charge in [-0.2, -0.15) is 0 Å². The van der Waals surface area contributed by atoms with Crippen molar-refractivity contribution in [3.05, 3.63) is 17.1 Å². The SMILES string of the molecule is CCCNCc1c(C)oc(C)c1S(=O)(=O)NCCC1CC1. The standard InChI is InChI=1S/C15H26N2O3S/c1-4-8-16-10-14-11(2)20-12(3)15(14)21(18,19)17-9-7-13-5-6-13/h13,16-17H,4-10H2,1-3H3. The number of hydrogen-bond acceptors (Lipinski definition) is 4. The molecule has 5 nitrogen and oxygen atoms in total. The fourth-order valence-corrected chi connectivity index (χ4v) is 4.02. The van der Waals surface area contributed by atoms with Crippen LogP contribution in [0, 0.1) is 19.8 Å². The van der Waals surface area contributed by atoms with Crippen molar-refractivity contribution in [1.82, 2.24) is 10.0 Å². The molecule has 0 atom stereocenters. The van der Waals surface area contributed by atoms with E-state index in [0.717, 1.165) is 24.9 Å². The lowest BCUT2D eigenvalue weighted by Gasteiger charge is -2.09. The Balaban J connectivity index is 2.11. The van der Waals surface area contributed by atoms with E-state index in [1.54, 1.807) is 6.92 Å². The van der Waals surface area contributed by atoms with Crippen molar-refractivity contribution in [2.45, 2.75) is 57.9 Å². The Morgan fingerprint density at radius 3 is 2.52 bits per heavy atom. The van der Waals surface area contributed by atoms with E-state index >= 15 is 0 Å². The van der Waals surface area contributed by atoms with Crippen molar-refractivity contribution in [2.75, 3.05) is 13.1 Å². The summed E-state index contributed by atoms with van der Waals surface area (Å²) in [4.78, 5) is 0.319. The van der Waals surface area contributed by atoms with E-state index in [4.69, 9.17) is 4.42 Å². The molecule has 21 heavy (non-hydrogen) atoms. The van der Waals surface area contributed by atoms with Crippen molar-refractivity contribution in [1.29, 1.82) is 0 Å². The van der Waals surface area contributed by atoms with Crippen molar-refractivity contribution in [2.24, 2.45) is 5.92 Å². The number of hydrogen-bond donors (Lipinski definition) is 2. The first kappa shape index (κ1) is 16.5. The minimum atomic E-state index is -3.49. The molecule has 1 aliphatic rings. The van der Waals surface area contributed by atoms with E-state index in [-0.39, 0.29) is 0 Å². The van der Waals surface area contributed by atoms with Gasteiger partial charge in [0.25, 0.3) is 0 Å². The summed E-state index contributed by atoms with van der Waals surface area (Å²) in [5, 5.41) is 3.25. The zero-order chi connectivity index (χ0) is 15.5. The van der Waals surface area contributed by atoms with Crippen LogP contribution in [0.4, 0.5) is 0 Å². The fourth-order valence-electron chi connectivity index (χ4n) is 2.53. The molecular weight excluding hydrogens is 288 g/mol. The van der Waals surface area contributed by atoms with E-state index in [1.165, 1.54) is 12.8 Å². The molecule has 0 bridgehead atoms. The van der Waals surface area contributed by atoms with Crippen molar-refractivity contribution in [3.63, 3.8) is 0 Å². The first-order valence-electron chi connectivity index (χ1n) is 7.75. The van der Waals surface area contributed by atoms with Crippen LogP contribution >= 0.6 is 0 Å². The molecule has 0 aromatic carbocycles. The first-order chi connectivity index (χ1) is 9.95. The molecular formula is C15H26N2O3S. The van der Waals surface area contributed by atoms with Gasteiger partial charge in [-0.1, -0.05) is 19.8 Å². The number of aryl methyl sites for hydroxylation is 2. The maximum Gasteiger partial charge on any atom is 0.244 e. The molecule has 0 saturated heterocycles. The van der Waals surface area contributed by atoms with E-state index < -0.39 is 10.0 Å². The molecule has 0 spiro atoms. The van der Waals surface area contributed by atoms with Gasteiger partial charge in [0.05, 0.1) is 0 Å². The molecule has 6 heteroatoms. The largest absolute Gasteiger partial charge is 0.465 e. The van der Waals surface area contributed by atoms with Gasteiger partial charge in [-0.25, -0.2) is 13.1 Å². The highest BCUT2D eigenvalue weighted by atomic mass is 32.2. The minimum absolute atomic E-state index is 0.319. The summed E-state index contributed by atoms with van der Waals surface area (Å²) in [6.07, 6.45) is 4.41. The quantitative estimate of drug-likeness (QED) is 0.687. The Morgan fingerprint density at radius 2 is 1.90 bits per heavy atom. The third-order valence-corrected chi connectivity index (χ3v) is 5.52. The monoisotopic (exact) mass is 314 g/mol. The average molecular weight is 314 g/mol. The molecule has 2 N–H and O–H groups in total. The Kier molecular flexibility index (Phi) is 5.46. The molecule has 1 aromatic heterocycles. The van der Waals surface area contributed by atoms with Crippen LogP contribution in [0.1, 0.15) is 49.7 Å². The lowest BCUT2D eigenvalue weighted by molar-refractivity contribution is 0.492. The summed E-state index contributed by atoms with van der Waals surface area (Å²) in [7, 11) is -3.49. The number of sulfonamides is 1. The van der Waals surface area contributed by atoms with Crippen LogP contribution in [0.5, 0.6) is 0 Å². The average Bonchev–Trinajstić information content (AvgIpc) is 3.16. The molecule has 0 amide bonds. The van der Waals surface area contributed by atoms with Crippen molar-refractivity contribution in [3.8, 4) is 0 Å². The lowest BCUT2D eigenvalue weighted by atomic mass is 10.2. The maximum atomic E-state index is 12.5. The summed E-state index contributed by atoms with van der Waals surface area (Å²) in [5.74, 6) is 1.86. The van der Waals surface area contributed by atoms with Gasteiger partial charge >= 0.3 is 0 Å². The van der Waals surface area contributed by atoms with Crippen molar-refractivity contribution < 1.29 is 12.8 Å². The van der Waals surface area contributed by atoms with Crippen LogP contribution in [-0.4, -0.2) is 21.5 Å². The molecule has 0 aliphatic heterocycles. The second kappa shape index (κ2) is 6.94. The van der Waals surface area contributed by atoms with Gasteiger partial charge in [0.15, 0.2) is 0 Å². The lowest BCUT2D eigenvalue weighted by Crippen LogP contribution is -2.27. The fraction of sp³-hybridized carbons (Fsp3) is 0.733. The molecule has 1 aromatic rings. The highest BCUT2D eigenvalue weighted by Gasteiger charge is 2.27. The molecule has 1 aliphatic carbocycles. The maximum absolute atomic E-state index is 12.5. The van der Waals surface area contributed by atoms with Crippen LogP contribution in [0.2, 0.25) is 0 Å². The second-order valence-corrected chi connectivity index (χ2v) is 7.53. The minimum Gasteiger partial charge on any atom is -0.465 e. The molecule has 0 radical (unpaired) electrons. The van der Waals surface area contributed by atoms with Crippen LogP contribution in [-0.2, 0) is 16.6 Å². The summed E-state index contributed by atoms with van der Waals surface area (Å²) < 4.78 is 33.3. The smallest absolute Gasteiger partial charge is 0.244 e. The molecule has 1 heterocycles. The topological polar surface area (TPSA) is 71.3 Å². The molecule has 1 saturated carbocycles. The van der Waals surface area contributed by atoms with Gasteiger partial charge in [-0.15, -0.1) is 0 Å². The number of rotatable bonds is 9. The van der Waals surface area contributed by atoms with Gasteiger partial charge in [0.2, 0.25) is 10.0 Å². The van der Waals surface area contributed by atoms with Crippen LogP contribution in [0.3, 0.4) is 0 Å². The van der Waals surface area contributed by atoms with Crippen LogP contribution < -0.4 is 10.0 Å². The highest BCUT2D eigenvalue weighted by Crippen LogP contribution is 2.32. The van der Waals surface area contributed by atoms with E-state index in [0.29, 0.717) is 35.4 Å². The molecule has 120 valence electrons. The normalized spacial score (nSPS) is 15.6. The third-order valence-electron chi connectivity index (χ3n) is 3.86. The van der Waals surface area contributed by atoms with E-state index in [9.17, 15) is 8.42 Å². The Labute approximate surface area is 127 Å². The first-order valence-corrected chi connectivity index (χ1v) is 9.23. The number of nitrogens with one attached hydrogen (secondary N) is 2. The predicted molar refractivity (Wildman–Crippen MR) is 82.7 cm³/mol. The zero-order valence-corrected chi connectivity index (χ0v) is 14.0. The van der Waals surface area contributed by atoms with Gasteiger partial charge in [0.1, 0.15) is 16.4 Å². The van der Waals surface area contributed by atoms with E-state index in [2.05, 4.69) is 17.0 Å². The highest BCUT2D eigenvalue weighted by molar-refractivity contribution is 7.89. The molecule has 1 fully saturated rings. The third kappa shape index (κ3) is 4.31. The summed E-state index contributed by atoms with van der Waals surface area (Å²) in [6, 6.07) is 0. The summed E-state index contributed by atoms with van der Waals surface area (Å²) in [5.41, 5.74) is 0.750. The van der Waals surface area contributed by atoms with Crippen LogP contribution in [0.15, 0.2) is 9.31 Å². The van der Waals surface area contributed by atoms with Gasteiger partial charge in [-0.3, -0.25) is 0 Å². The summed E-state index contributed by atoms with van der Waals surface area (Å²) >= 11 is 0. The zero-order valence-electron chi connectivity index (χ0n) is 13.2. The Bertz CT molecular complexity index is 574. The second-order valence-electron chi connectivity index (χ2n) is 5.83. The van der Waals surface area contributed by atoms with Crippen LogP contribution in [0.25, 0.3) is 0 Å². The Morgan fingerprint density at radius 1 is 1.19 bits per heavy atom. The van der Waals surface area contributed by atoms with Gasteiger partial charge in [0, 0.05) is 18.7 Å². The van der Waals surface area contributed by atoms with Gasteiger partial charge < -0.3 is 9.73 Å². The van der Waals surface area contributed by atoms with E-state index in [1.807, 2.05) is 6.92 Å². The molecule has 2 rings (SSSR count). The predicted octanol–water partition coefficient (Wildman–Crippen LogP) is 2.47. The Hall–Kier alpha value is -0.850. The number of furan rings is 1. The van der Waals surface area contributed by atoms with Crippen molar-refractivity contribution >= 4 is 10.0 Å². The molecule has 0 unspecified atom stereocenters. The van der Waals surface area contributed by atoms with Gasteiger partial charge in [-0.05, 0) is 39.2 Å².